The van der Waals surface area contributed by atoms with Gasteiger partial charge in [-0.05, 0) is 47.5 Å². The molecule has 2 N–H and O–H groups in total. The Labute approximate surface area is 126 Å². The van der Waals surface area contributed by atoms with Crippen LogP contribution in [0.2, 0.25) is 0 Å². The first-order valence-corrected chi connectivity index (χ1v) is 7.68. The molecule has 6 nitrogen and oxygen atoms in total. The van der Waals surface area contributed by atoms with Crippen LogP contribution in [0.3, 0.4) is 0 Å². The van der Waals surface area contributed by atoms with E-state index in [9.17, 15) is 4.79 Å². The molecule has 1 unspecified atom stereocenters. The van der Waals surface area contributed by atoms with E-state index in [1.807, 2.05) is 34.6 Å². The van der Waals surface area contributed by atoms with Crippen LogP contribution in [0.1, 0.15) is 47.5 Å². The normalized spacial score (nSPS) is 31.6. The van der Waals surface area contributed by atoms with E-state index >= 15 is 0 Å². The van der Waals surface area contributed by atoms with Gasteiger partial charge in [-0.25, -0.2) is 4.79 Å². The second-order valence-electron chi connectivity index (χ2n) is 7.37. The number of nitrogens with one attached hydrogen (secondary N) is 2. The van der Waals surface area contributed by atoms with Gasteiger partial charge < -0.3 is 24.8 Å². The molecule has 1 atom stereocenters. The number of carbonyl (C=O) groups excluding carboxylic acids is 1. The van der Waals surface area contributed by atoms with Crippen LogP contribution < -0.4 is 10.6 Å². The highest BCUT2D eigenvalue weighted by Crippen LogP contribution is 2.24. The lowest BCUT2D eigenvalue weighted by molar-refractivity contribution is -0.138. The van der Waals surface area contributed by atoms with Gasteiger partial charge in [0.1, 0.15) is 5.60 Å². The summed E-state index contributed by atoms with van der Waals surface area (Å²) < 4.78 is 16.5. The van der Waals surface area contributed by atoms with Gasteiger partial charge in [0, 0.05) is 18.6 Å². The Bertz CT molecular complexity index is 372. The van der Waals surface area contributed by atoms with Crippen molar-refractivity contribution in [3.05, 3.63) is 0 Å². The van der Waals surface area contributed by atoms with E-state index < -0.39 is 11.4 Å². The van der Waals surface area contributed by atoms with E-state index in [-0.39, 0.29) is 18.2 Å². The molecular weight excluding hydrogens is 272 g/mol. The smallest absolute Gasteiger partial charge is 0.407 e. The van der Waals surface area contributed by atoms with Gasteiger partial charge in [-0.3, -0.25) is 0 Å². The summed E-state index contributed by atoms with van der Waals surface area (Å²) >= 11 is 0. The van der Waals surface area contributed by atoms with Crippen molar-refractivity contribution >= 4 is 6.09 Å². The molecule has 1 amide bonds. The van der Waals surface area contributed by atoms with Crippen LogP contribution in [-0.2, 0) is 14.2 Å². The third kappa shape index (κ3) is 5.45. The highest BCUT2D eigenvalue weighted by molar-refractivity contribution is 5.68. The molecule has 2 fully saturated rings. The van der Waals surface area contributed by atoms with E-state index in [1.165, 1.54) is 0 Å². The Hall–Kier alpha value is -0.850. The van der Waals surface area contributed by atoms with E-state index in [2.05, 4.69) is 10.6 Å². The molecule has 0 aromatic heterocycles. The minimum absolute atomic E-state index is 0.109. The Morgan fingerprint density at radius 1 is 1.29 bits per heavy atom. The number of hydrogen-bond acceptors (Lipinski definition) is 5. The van der Waals surface area contributed by atoms with Crippen molar-refractivity contribution in [3.8, 4) is 0 Å². The average Bonchev–Trinajstić information content (AvgIpc) is 2.58. The number of ether oxygens (including phenoxy) is 3. The fourth-order valence-corrected chi connectivity index (χ4v) is 2.54. The molecule has 1 aliphatic carbocycles. The third-order valence-corrected chi connectivity index (χ3v) is 3.56. The van der Waals surface area contributed by atoms with Crippen molar-refractivity contribution in [2.75, 3.05) is 13.2 Å². The maximum Gasteiger partial charge on any atom is 0.407 e. The second-order valence-corrected chi connectivity index (χ2v) is 7.37. The van der Waals surface area contributed by atoms with Crippen LogP contribution in [-0.4, -0.2) is 48.8 Å². The van der Waals surface area contributed by atoms with Crippen molar-refractivity contribution in [2.24, 2.45) is 0 Å². The summed E-state index contributed by atoms with van der Waals surface area (Å²) in [5, 5.41) is 6.34. The van der Waals surface area contributed by atoms with Crippen molar-refractivity contribution < 1.29 is 19.0 Å². The molecule has 1 saturated heterocycles. The molecule has 0 aromatic carbocycles. The first-order chi connectivity index (χ1) is 9.63. The summed E-state index contributed by atoms with van der Waals surface area (Å²) in [5.74, 6) is -0.466. The summed E-state index contributed by atoms with van der Waals surface area (Å²) in [6.07, 6.45) is 1.63. The van der Waals surface area contributed by atoms with Crippen molar-refractivity contribution in [2.45, 2.75) is 77.0 Å². The number of alkyl carbamates (subject to hydrolysis) is 1. The van der Waals surface area contributed by atoms with Crippen LogP contribution in [0, 0.1) is 0 Å². The zero-order chi connectivity index (χ0) is 15.7. The molecule has 21 heavy (non-hydrogen) atoms. The van der Waals surface area contributed by atoms with E-state index in [4.69, 9.17) is 14.2 Å². The maximum absolute atomic E-state index is 11.6. The largest absolute Gasteiger partial charge is 0.444 e. The SMILES string of the molecule is CC(C)(C)OC(=O)NC1CC(NCC2COC(C)(C)O2)C1. The van der Waals surface area contributed by atoms with Gasteiger partial charge in [0.25, 0.3) is 0 Å². The molecular formula is C15H28N2O4. The Balaban J connectivity index is 1.57. The molecule has 0 spiro atoms. The van der Waals surface area contributed by atoms with E-state index in [0.717, 1.165) is 19.4 Å². The van der Waals surface area contributed by atoms with Crippen molar-refractivity contribution in [1.82, 2.24) is 10.6 Å². The van der Waals surface area contributed by atoms with Crippen LogP contribution in [0.25, 0.3) is 0 Å². The summed E-state index contributed by atoms with van der Waals surface area (Å²) in [6.45, 7) is 10.9. The van der Waals surface area contributed by atoms with Gasteiger partial charge in [0.05, 0.1) is 12.7 Å². The van der Waals surface area contributed by atoms with Gasteiger partial charge >= 0.3 is 6.09 Å². The summed E-state index contributed by atoms with van der Waals surface area (Å²) in [6, 6.07) is 0.631. The second kappa shape index (κ2) is 6.10. The average molecular weight is 300 g/mol. The van der Waals surface area contributed by atoms with Crippen LogP contribution in [0.4, 0.5) is 4.79 Å². The Kier molecular flexibility index (Phi) is 4.80. The van der Waals surface area contributed by atoms with Crippen LogP contribution >= 0.6 is 0 Å². The van der Waals surface area contributed by atoms with E-state index in [1.54, 1.807) is 0 Å². The lowest BCUT2D eigenvalue weighted by atomic mass is 9.87. The molecule has 0 bridgehead atoms. The highest BCUT2D eigenvalue weighted by Gasteiger charge is 2.35. The van der Waals surface area contributed by atoms with Crippen LogP contribution in [0.5, 0.6) is 0 Å². The molecule has 1 saturated carbocycles. The van der Waals surface area contributed by atoms with Gasteiger partial charge in [-0.15, -0.1) is 0 Å². The first-order valence-electron chi connectivity index (χ1n) is 7.68. The quantitative estimate of drug-likeness (QED) is 0.828. The van der Waals surface area contributed by atoms with Gasteiger partial charge in [0.2, 0.25) is 0 Å². The number of hydrogen-bond donors (Lipinski definition) is 2. The standard InChI is InChI=1S/C15H28N2O4/c1-14(2,3)21-13(18)17-11-6-10(7-11)16-8-12-9-19-15(4,5)20-12/h10-12,16H,6-9H2,1-5H3,(H,17,18). The molecule has 0 radical (unpaired) electrons. The fourth-order valence-electron chi connectivity index (χ4n) is 2.54. The molecule has 1 aliphatic heterocycles. The monoisotopic (exact) mass is 300 g/mol. The predicted octanol–water partition coefficient (Wildman–Crippen LogP) is 1.78. The fraction of sp³-hybridized carbons (Fsp3) is 0.933. The Morgan fingerprint density at radius 3 is 2.48 bits per heavy atom. The first kappa shape index (κ1) is 16.5. The molecule has 1 heterocycles. The molecule has 6 heteroatoms. The highest BCUT2D eigenvalue weighted by atomic mass is 16.7. The topological polar surface area (TPSA) is 68.8 Å². The number of carbonyl (C=O) groups is 1. The molecule has 0 aromatic rings. The zero-order valence-electron chi connectivity index (χ0n) is 13.7. The van der Waals surface area contributed by atoms with Gasteiger partial charge in [-0.1, -0.05) is 0 Å². The summed E-state index contributed by atoms with van der Waals surface area (Å²) in [4.78, 5) is 11.6. The molecule has 2 rings (SSSR count). The maximum atomic E-state index is 11.6. The minimum Gasteiger partial charge on any atom is -0.444 e. The minimum atomic E-state index is -0.466. The van der Waals surface area contributed by atoms with Crippen molar-refractivity contribution in [3.63, 3.8) is 0 Å². The summed E-state index contributed by atoms with van der Waals surface area (Å²) in [7, 11) is 0. The van der Waals surface area contributed by atoms with Crippen molar-refractivity contribution in [1.29, 1.82) is 0 Å². The zero-order valence-corrected chi connectivity index (χ0v) is 13.7. The van der Waals surface area contributed by atoms with Crippen LogP contribution in [0.15, 0.2) is 0 Å². The number of rotatable bonds is 4. The lowest BCUT2D eigenvalue weighted by Gasteiger charge is -2.37. The lowest BCUT2D eigenvalue weighted by Crippen LogP contribution is -2.54. The van der Waals surface area contributed by atoms with Gasteiger partial charge in [-0.2, -0.15) is 0 Å². The number of amides is 1. The molecule has 2 aliphatic rings. The molecule has 122 valence electrons. The summed E-state index contributed by atoms with van der Waals surface area (Å²) in [5.41, 5.74) is -0.446. The van der Waals surface area contributed by atoms with E-state index in [0.29, 0.717) is 12.6 Å². The van der Waals surface area contributed by atoms with Gasteiger partial charge in [0.15, 0.2) is 5.79 Å². The predicted molar refractivity (Wildman–Crippen MR) is 79.1 cm³/mol. The third-order valence-electron chi connectivity index (χ3n) is 3.56. The Morgan fingerprint density at radius 2 is 1.95 bits per heavy atom.